The maximum atomic E-state index is 12.0. The lowest BCUT2D eigenvalue weighted by Gasteiger charge is -2.23. The maximum absolute atomic E-state index is 12.0. The summed E-state index contributed by atoms with van der Waals surface area (Å²) >= 11 is 0. The Hall–Kier alpha value is -2.28. The van der Waals surface area contributed by atoms with E-state index in [1.165, 1.54) is 4.90 Å². The molecule has 18 heavy (non-hydrogen) atoms. The Morgan fingerprint density at radius 2 is 1.94 bits per heavy atom. The van der Waals surface area contributed by atoms with Crippen LogP contribution < -0.4 is 0 Å². The zero-order valence-corrected chi connectivity index (χ0v) is 10.4. The van der Waals surface area contributed by atoms with Gasteiger partial charge in [-0.1, -0.05) is 5.92 Å². The third-order valence-corrected chi connectivity index (χ3v) is 2.75. The second-order valence-corrected chi connectivity index (χ2v) is 4.08. The fourth-order valence-electron chi connectivity index (χ4n) is 1.50. The molecule has 0 aliphatic heterocycles. The van der Waals surface area contributed by atoms with Gasteiger partial charge in [-0.05, 0) is 31.2 Å². The highest BCUT2D eigenvalue weighted by molar-refractivity contribution is 5.94. The molecular weight excluding hydrogens is 230 g/mol. The van der Waals surface area contributed by atoms with Crippen molar-refractivity contribution in [3.63, 3.8) is 0 Å². The molecule has 0 spiro atoms. The van der Waals surface area contributed by atoms with E-state index >= 15 is 0 Å². The largest absolute Gasteiger partial charge is 0.481 e. The van der Waals surface area contributed by atoms with E-state index in [9.17, 15) is 9.59 Å². The number of hydrogen-bond donors (Lipinski definition) is 1. The molecule has 0 aromatic heterocycles. The van der Waals surface area contributed by atoms with Crippen molar-refractivity contribution in [2.45, 2.75) is 19.4 Å². The van der Waals surface area contributed by atoms with E-state index in [1.54, 1.807) is 38.2 Å². The van der Waals surface area contributed by atoms with E-state index in [-0.39, 0.29) is 18.4 Å². The minimum Gasteiger partial charge on any atom is -0.481 e. The number of aliphatic carboxylic acids is 1. The fraction of sp³-hybridized carbons (Fsp3) is 0.286. The molecule has 0 aliphatic carbocycles. The van der Waals surface area contributed by atoms with Gasteiger partial charge in [0.2, 0.25) is 0 Å². The molecule has 1 rings (SSSR count). The quantitative estimate of drug-likeness (QED) is 0.820. The van der Waals surface area contributed by atoms with Gasteiger partial charge < -0.3 is 10.0 Å². The number of carboxylic acids is 1. The summed E-state index contributed by atoms with van der Waals surface area (Å²) in [4.78, 5) is 24.1. The molecule has 0 fully saturated rings. The number of terminal acetylenes is 1. The van der Waals surface area contributed by atoms with Gasteiger partial charge in [0.05, 0.1) is 6.42 Å². The summed E-state index contributed by atoms with van der Waals surface area (Å²) in [5.41, 5.74) is 1.20. The number of carbonyl (C=O) groups is 2. The Morgan fingerprint density at radius 1 is 1.39 bits per heavy atom. The van der Waals surface area contributed by atoms with Gasteiger partial charge in [0.25, 0.3) is 5.91 Å². The Morgan fingerprint density at radius 3 is 2.39 bits per heavy atom. The zero-order valence-electron chi connectivity index (χ0n) is 10.4. The first-order chi connectivity index (χ1) is 8.45. The van der Waals surface area contributed by atoms with E-state index in [1.807, 2.05) is 0 Å². The monoisotopic (exact) mass is 245 g/mol. The van der Waals surface area contributed by atoms with Crippen LogP contribution in [0.25, 0.3) is 0 Å². The predicted molar refractivity (Wildman–Crippen MR) is 68.2 cm³/mol. The van der Waals surface area contributed by atoms with Gasteiger partial charge in [0.1, 0.15) is 0 Å². The molecule has 0 aliphatic rings. The first-order valence-electron chi connectivity index (χ1n) is 5.51. The number of nitrogens with zero attached hydrogens (tertiary/aromatic N) is 1. The SMILES string of the molecule is C#Cc1ccc(C(=O)N(C)C(C)CC(=O)O)cc1. The van der Waals surface area contributed by atoms with E-state index in [2.05, 4.69) is 5.92 Å². The summed E-state index contributed by atoms with van der Waals surface area (Å²) in [6, 6.07) is 6.29. The van der Waals surface area contributed by atoms with Crippen LogP contribution in [0.2, 0.25) is 0 Å². The number of amides is 1. The maximum Gasteiger partial charge on any atom is 0.305 e. The second-order valence-electron chi connectivity index (χ2n) is 4.08. The minimum absolute atomic E-state index is 0.0787. The van der Waals surface area contributed by atoms with Crippen LogP contribution in [0.1, 0.15) is 29.3 Å². The number of hydrogen-bond acceptors (Lipinski definition) is 2. The van der Waals surface area contributed by atoms with E-state index in [4.69, 9.17) is 11.5 Å². The molecule has 0 saturated heterocycles. The molecule has 4 heteroatoms. The molecule has 1 unspecified atom stereocenters. The van der Waals surface area contributed by atoms with Crippen molar-refractivity contribution < 1.29 is 14.7 Å². The van der Waals surface area contributed by atoms with Crippen molar-refractivity contribution in [1.82, 2.24) is 4.90 Å². The number of benzene rings is 1. The first kappa shape index (κ1) is 13.8. The van der Waals surface area contributed by atoms with Crippen molar-refractivity contribution in [1.29, 1.82) is 0 Å². The lowest BCUT2D eigenvalue weighted by molar-refractivity contribution is -0.137. The van der Waals surface area contributed by atoms with Crippen LogP contribution in [0.15, 0.2) is 24.3 Å². The number of rotatable bonds is 4. The van der Waals surface area contributed by atoms with Gasteiger partial charge in [0, 0.05) is 24.2 Å². The van der Waals surface area contributed by atoms with E-state index in [0.717, 1.165) is 0 Å². The average molecular weight is 245 g/mol. The molecule has 0 heterocycles. The van der Waals surface area contributed by atoms with E-state index < -0.39 is 5.97 Å². The van der Waals surface area contributed by atoms with Crippen LogP contribution in [0, 0.1) is 12.3 Å². The van der Waals surface area contributed by atoms with Gasteiger partial charge in [-0.25, -0.2) is 0 Å². The highest BCUT2D eigenvalue weighted by Gasteiger charge is 2.19. The smallest absolute Gasteiger partial charge is 0.305 e. The zero-order chi connectivity index (χ0) is 13.7. The normalized spacial score (nSPS) is 11.4. The van der Waals surface area contributed by atoms with Gasteiger partial charge in [0.15, 0.2) is 0 Å². The van der Waals surface area contributed by atoms with Crippen molar-refractivity contribution in [3.8, 4) is 12.3 Å². The molecule has 0 saturated carbocycles. The van der Waals surface area contributed by atoms with Crippen LogP contribution in [0.5, 0.6) is 0 Å². The topological polar surface area (TPSA) is 57.6 Å². The summed E-state index contributed by atoms with van der Waals surface area (Å²) in [5.74, 6) is 1.33. The molecule has 1 aromatic carbocycles. The number of carbonyl (C=O) groups excluding carboxylic acids is 1. The number of carboxylic acid groups (broad SMARTS) is 1. The fourth-order valence-corrected chi connectivity index (χ4v) is 1.50. The molecule has 4 nitrogen and oxygen atoms in total. The van der Waals surface area contributed by atoms with Crippen LogP contribution in [0.3, 0.4) is 0 Å². The van der Waals surface area contributed by atoms with Gasteiger partial charge in [-0.15, -0.1) is 6.42 Å². The minimum atomic E-state index is -0.926. The summed E-state index contributed by atoms with van der Waals surface area (Å²) in [5, 5.41) is 8.69. The van der Waals surface area contributed by atoms with Crippen molar-refractivity contribution in [2.75, 3.05) is 7.05 Å². The average Bonchev–Trinajstić information content (AvgIpc) is 2.36. The lowest BCUT2D eigenvalue weighted by atomic mass is 10.1. The molecule has 94 valence electrons. The van der Waals surface area contributed by atoms with Crippen molar-refractivity contribution in [3.05, 3.63) is 35.4 Å². The Balaban J connectivity index is 2.79. The predicted octanol–water partition coefficient (Wildman–Crippen LogP) is 1.60. The Labute approximate surface area is 106 Å². The summed E-state index contributed by atoms with van der Waals surface area (Å²) < 4.78 is 0. The molecule has 1 amide bonds. The van der Waals surface area contributed by atoms with Crippen LogP contribution in [-0.2, 0) is 4.79 Å². The van der Waals surface area contributed by atoms with Crippen molar-refractivity contribution >= 4 is 11.9 Å². The molecule has 1 N–H and O–H groups in total. The highest BCUT2D eigenvalue weighted by atomic mass is 16.4. The van der Waals surface area contributed by atoms with Crippen LogP contribution >= 0.6 is 0 Å². The first-order valence-corrected chi connectivity index (χ1v) is 5.51. The van der Waals surface area contributed by atoms with Crippen molar-refractivity contribution in [2.24, 2.45) is 0 Å². The highest BCUT2D eigenvalue weighted by Crippen LogP contribution is 2.10. The Bertz CT molecular complexity index is 485. The third kappa shape index (κ3) is 3.36. The standard InChI is InChI=1S/C14H15NO3/c1-4-11-5-7-12(8-6-11)14(18)15(3)10(2)9-13(16)17/h1,5-8,10H,9H2,2-3H3,(H,16,17). The molecule has 1 atom stereocenters. The van der Waals surface area contributed by atoms with Gasteiger partial charge in [-0.3, -0.25) is 9.59 Å². The second kappa shape index (κ2) is 5.87. The van der Waals surface area contributed by atoms with Gasteiger partial charge >= 0.3 is 5.97 Å². The molecule has 1 aromatic rings. The summed E-state index contributed by atoms with van der Waals surface area (Å²) in [6.45, 7) is 1.70. The summed E-state index contributed by atoms with van der Waals surface area (Å²) in [7, 11) is 1.59. The van der Waals surface area contributed by atoms with Gasteiger partial charge in [-0.2, -0.15) is 0 Å². The lowest BCUT2D eigenvalue weighted by Crippen LogP contribution is -2.36. The molecule has 0 bridgehead atoms. The molecule has 0 radical (unpaired) electrons. The third-order valence-electron chi connectivity index (χ3n) is 2.75. The van der Waals surface area contributed by atoms with Crippen LogP contribution in [0.4, 0.5) is 0 Å². The Kier molecular flexibility index (Phi) is 4.50. The summed E-state index contributed by atoms with van der Waals surface area (Å²) in [6.07, 6.45) is 5.15. The van der Waals surface area contributed by atoms with Crippen LogP contribution in [-0.4, -0.2) is 35.0 Å². The molecular formula is C14H15NO3. The van der Waals surface area contributed by atoms with E-state index in [0.29, 0.717) is 11.1 Å².